The lowest BCUT2D eigenvalue weighted by Crippen LogP contribution is -2.23. The number of carbonyl (C=O) groups excluding carboxylic acids is 1. The molecule has 0 saturated carbocycles. The number of ether oxygens (including phenoxy) is 1. The van der Waals surface area contributed by atoms with Crippen LogP contribution in [0.25, 0.3) is 0 Å². The van der Waals surface area contributed by atoms with E-state index in [1.54, 1.807) is 0 Å². The molecule has 0 N–H and O–H groups in total. The first-order chi connectivity index (χ1) is 11.9. The molecule has 5 nitrogen and oxygen atoms in total. The highest BCUT2D eigenvalue weighted by molar-refractivity contribution is 5.70. The van der Waals surface area contributed by atoms with Gasteiger partial charge in [0.05, 0.1) is 5.69 Å². The van der Waals surface area contributed by atoms with Crippen molar-refractivity contribution in [3.8, 4) is 5.75 Å². The molecule has 1 saturated heterocycles. The van der Waals surface area contributed by atoms with Gasteiger partial charge >= 0.3 is 5.97 Å². The summed E-state index contributed by atoms with van der Waals surface area (Å²) in [4.78, 5) is 13.8. The second-order valence-corrected chi connectivity index (χ2v) is 7.02. The van der Waals surface area contributed by atoms with Gasteiger partial charge in [-0.3, -0.25) is 9.69 Å². The zero-order valence-electron chi connectivity index (χ0n) is 15.7. The molecule has 1 aromatic carbocycles. The van der Waals surface area contributed by atoms with E-state index in [0.717, 1.165) is 42.1 Å². The van der Waals surface area contributed by atoms with Crippen LogP contribution in [0.1, 0.15) is 59.5 Å². The number of rotatable bonds is 4. The predicted molar refractivity (Wildman–Crippen MR) is 95.6 cm³/mol. The first-order valence-electron chi connectivity index (χ1n) is 8.82. The average molecular weight is 342 g/mol. The molecule has 1 aliphatic rings. The minimum atomic E-state index is -0.281. The summed E-state index contributed by atoms with van der Waals surface area (Å²) in [6.45, 7) is 11.4. The Morgan fingerprint density at radius 2 is 1.96 bits per heavy atom. The van der Waals surface area contributed by atoms with Crippen molar-refractivity contribution in [2.24, 2.45) is 0 Å². The van der Waals surface area contributed by atoms with Crippen LogP contribution >= 0.6 is 0 Å². The van der Waals surface area contributed by atoms with Crippen molar-refractivity contribution in [1.82, 2.24) is 10.1 Å². The van der Waals surface area contributed by atoms with E-state index < -0.39 is 0 Å². The van der Waals surface area contributed by atoms with Crippen LogP contribution in [0.5, 0.6) is 5.75 Å². The number of hydrogen-bond acceptors (Lipinski definition) is 5. The maximum absolute atomic E-state index is 11.3. The molecule has 134 valence electrons. The molecular weight excluding hydrogens is 316 g/mol. The highest BCUT2D eigenvalue weighted by Crippen LogP contribution is 2.37. The minimum absolute atomic E-state index is 0.281. The highest BCUT2D eigenvalue weighted by atomic mass is 16.5. The van der Waals surface area contributed by atoms with Crippen LogP contribution < -0.4 is 4.74 Å². The second-order valence-electron chi connectivity index (χ2n) is 7.02. The fraction of sp³-hybridized carbons (Fsp3) is 0.500. The number of likely N-dealkylation sites (tertiary alicyclic amines) is 1. The molecule has 1 aromatic heterocycles. The van der Waals surface area contributed by atoms with Crippen LogP contribution in [0, 0.1) is 27.7 Å². The van der Waals surface area contributed by atoms with Gasteiger partial charge in [-0.15, -0.1) is 0 Å². The summed E-state index contributed by atoms with van der Waals surface area (Å²) in [6.07, 6.45) is 2.31. The molecule has 25 heavy (non-hydrogen) atoms. The molecule has 1 atom stereocenters. The number of esters is 1. The van der Waals surface area contributed by atoms with E-state index in [1.165, 1.54) is 24.5 Å². The van der Waals surface area contributed by atoms with Crippen molar-refractivity contribution in [3.05, 3.63) is 45.8 Å². The summed E-state index contributed by atoms with van der Waals surface area (Å²) in [6, 6.07) is 4.60. The lowest BCUT2D eigenvalue weighted by molar-refractivity contribution is -0.131. The van der Waals surface area contributed by atoms with Gasteiger partial charge in [0.2, 0.25) is 0 Å². The van der Waals surface area contributed by atoms with E-state index in [9.17, 15) is 4.79 Å². The molecule has 5 heteroatoms. The highest BCUT2D eigenvalue weighted by Gasteiger charge is 2.30. The number of aryl methyl sites for hydroxylation is 4. The average Bonchev–Trinajstić information content (AvgIpc) is 3.09. The number of hydrogen-bond donors (Lipinski definition) is 0. The van der Waals surface area contributed by atoms with E-state index in [1.807, 2.05) is 27.7 Å². The zero-order chi connectivity index (χ0) is 18.1. The molecule has 0 amide bonds. The Morgan fingerprint density at radius 1 is 1.28 bits per heavy atom. The summed E-state index contributed by atoms with van der Waals surface area (Å²) >= 11 is 0. The Kier molecular flexibility index (Phi) is 4.95. The van der Waals surface area contributed by atoms with Crippen LogP contribution in [0.2, 0.25) is 0 Å². The van der Waals surface area contributed by atoms with Gasteiger partial charge in [-0.1, -0.05) is 17.3 Å². The molecular formula is C20H26N2O3. The van der Waals surface area contributed by atoms with Crippen LogP contribution in [0.4, 0.5) is 0 Å². The van der Waals surface area contributed by atoms with Gasteiger partial charge < -0.3 is 9.26 Å². The Balaban J connectivity index is 1.83. The van der Waals surface area contributed by atoms with E-state index in [2.05, 4.69) is 22.2 Å². The molecule has 0 spiro atoms. The number of aromatic nitrogens is 1. The summed E-state index contributed by atoms with van der Waals surface area (Å²) in [5.74, 6) is 1.32. The van der Waals surface area contributed by atoms with Gasteiger partial charge in [0, 0.05) is 25.1 Å². The van der Waals surface area contributed by atoms with Crippen molar-refractivity contribution in [1.29, 1.82) is 0 Å². The Morgan fingerprint density at radius 3 is 2.52 bits per heavy atom. The molecule has 3 rings (SSSR count). The third-order valence-electron chi connectivity index (χ3n) is 4.94. The first kappa shape index (κ1) is 17.7. The standard InChI is InChI=1S/C20H26N2O3/c1-12-9-17(10-13(2)20(12)24-16(5)23)11-22-8-6-7-18(22)19-14(3)21-25-15(19)4/h9-10,18H,6-8,11H2,1-5H3. The van der Waals surface area contributed by atoms with Crippen molar-refractivity contribution in [2.75, 3.05) is 6.54 Å². The quantitative estimate of drug-likeness (QED) is 0.616. The van der Waals surface area contributed by atoms with Crippen molar-refractivity contribution < 1.29 is 14.1 Å². The summed E-state index contributed by atoms with van der Waals surface area (Å²) in [5, 5.41) is 4.12. The SMILES string of the molecule is CC(=O)Oc1c(C)cc(CN2CCCC2c2c(C)noc2C)cc1C. The Labute approximate surface area is 148 Å². The van der Waals surface area contributed by atoms with E-state index in [4.69, 9.17) is 9.26 Å². The number of nitrogens with zero attached hydrogens (tertiary/aromatic N) is 2. The summed E-state index contributed by atoms with van der Waals surface area (Å²) in [7, 11) is 0. The molecule has 1 aliphatic heterocycles. The van der Waals surface area contributed by atoms with Gasteiger partial charge in [0.25, 0.3) is 0 Å². The monoisotopic (exact) mass is 342 g/mol. The zero-order valence-corrected chi connectivity index (χ0v) is 15.7. The van der Waals surface area contributed by atoms with Crippen molar-refractivity contribution in [3.63, 3.8) is 0 Å². The van der Waals surface area contributed by atoms with Gasteiger partial charge in [0.1, 0.15) is 11.5 Å². The minimum Gasteiger partial charge on any atom is -0.426 e. The van der Waals surface area contributed by atoms with Gasteiger partial charge in [-0.05, 0) is 63.8 Å². The normalized spacial score (nSPS) is 17.9. The van der Waals surface area contributed by atoms with Crippen molar-refractivity contribution >= 4 is 5.97 Å². The fourth-order valence-electron chi connectivity index (χ4n) is 3.98. The van der Waals surface area contributed by atoms with Crippen molar-refractivity contribution in [2.45, 2.75) is 60.0 Å². The smallest absolute Gasteiger partial charge is 0.308 e. The molecule has 1 unspecified atom stereocenters. The lowest BCUT2D eigenvalue weighted by Gasteiger charge is -2.25. The maximum atomic E-state index is 11.3. The van der Waals surface area contributed by atoms with E-state index in [0.29, 0.717) is 11.8 Å². The first-order valence-corrected chi connectivity index (χ1v) is 8.82. The van der Waals surface area contributed by atoms with Gasteiger partial charge in [0.15, 0.2) is 0 Å². The molecule has 0 radical (unpaired) electrons. The van der Waals surface area contributed by atoms with Gasteiger partial charge in [-0.2, -0.15) is 0 Å². The predicted octanol–water partition coefficient (Wildman–Crippen LogP) is 4.17. The maximum Gasteiger partial charge on any atom is 0.308 e. The Bertz CT molecular complexity index is 752. The topological polar surface area (TPSA) is 55.6 Å². The molecule has 2 heterocycles. The molecule has 1 fully saturated rings. The lowest BCUT2D eigenvalue weighted by atomic mass is 10.0. The van der Waals surface area contributed by atoms with E-state index >= 15 is 0 Å². The largest absolute Gasteiger partial charge is 0.426 e. The van der Waals surface area contributed by atoms with E-state index in [-0.39, 0.29) is 5.97 Å². The molecule has 0 bridgehead atoms. The molecule has 2 aromatic rings. The van der Waals surface area contributed by atoms with Crippen LogP contribution in [-0.2, 0) is 11.3 Å². The summed E-state index contributed by atoms with van der Waals surface area (Å²) < 4.78 is 10.7. The van der Waals surface area contributed by atoms with Crippen LogP contribution in [0.3, 0.4) is 0 Å². The van der Waals surface area contributed by atoms with Gasteiger partial charge in [-0.25, -0.2) is 0 Å². The third kappa shape index (κ3) is 3.61. The second kappa shape index (κ2) is 7.00. The summed E-state index contributed by atoms with van der Waals surface area (Å²) in [5.41, 5.74) is 5.47. The van der Waals surface area contributed by atoms with Crippen LogP contribution in [-0.4, -0.2) is 22.6 Å². The Hall–Kier alpha value is -2.14. The fourth-order valence-corrected chi connectivity index (χ4v) is 3.98. The number of carbonyl (C=O) groups is 1. The molecule has 0 aliphatic carbocycles. The number of benzene rings is 1. The van der Waals surface area contributed by atoms with Crippen LogP contribution in [0.15, 0.2) is 16.7 Å². The third-order valence-corrected chi connectivity index (χ3v) is 4.94.